The Bertz CT molecular complexity index is 1020. The van der Waals surface area contributed by atoms with Crippen LogP contribution < -0.4 is 0 Å². The van der Waals surface area contributed by atoms with Crippen LogP contribution in [0.3, 0.4) is 0 Å². The number of carboxylic acids is 1. The number of nitrogens with zero attached hydrogens (tertiary/aromatic N) is 1. The zero-order chi connectivity index (χ0) is 18.0. The number of ether oxygens (including phenoxy) is 1. The van der Waals surface area contributed by atoms with Crippen molar-refractivity contribution in [3.63, 3.8) is 0 Å². The summed E-state index contributed by atoms with van der Waals surface area (Å²) in [6, 6.07) is 15.9. The molecule has 25 heavy (non-hydrogen) atoms. The van der Waals surface area contributed by atoms with E-state index in [1.54, 1.807) is 24.3 Å². The number of benzene rings is 2. The number of hydrogen-bond acceptors (Lipinski definition) is 4. The molecule has 0 radical (unpaired) electrons. The highest BCUT2D eigenvalue weighted by Crippen LogP contribution is 2.28. The van der Waals surface area contributed by atoms with Gasteiger partial charge in [-0.1, -0.05) is 48.5 Å². The molecule has 1 aromatic heterocycles. The van der Waals surface area contributed by atoms with E-state index in [0.29, 0.717) is 10.9 Å². The van der Waals surface area contributed by atoms with Gasteiger partial charge in [0, 0.05) is 5.39 Å². The van der Waals surface area contributed by atoms with E-state index in [0.717, 1.165) is 15.8 Å². The standard InChI is InChI=1S/C18H17NO5S/c1-25(22,23)19-15-10-6-5-9-14(15)17(18(20)21)16(19)12-24-11-13-7-3-2-4-8-13/h2-10H,11-12H2,1H3,(H,20,21). The maximum atomic E-state index is 12.3. The molecule has 0 atom stereocenters. The van der Waals surface area contributed by atoms with E-state index < -0.39 is 16.0 Å². The summed E-state index contributed by atoms with van der Waals surface area (Å²) in [6.07, 6.45) is 1.05. The molecule has 6 nitrogen and oxygen atoms in total. The van der Waals surface area contributed by atoms with E-state index in [1.165, 1.54) is 0 Å². The molecule has 0 aliphatic heterocycles. The SMILES string of the molecule is CS(=O)(=O)n1c(COCc2ccccc2)c(C(=O)O)c2ccccc21. The fourth-order valence-electron chi connectivity index (χ4n) is 2.85. The molecular weight excluding hydrogens is 342 g/mol. The second kappa shape index (κ2) is 6.70. The van der Waals surface area contributed by atoms with Crippen molar-refractivity contribution in [1.29, 1.82) is 0 Å². The Morgan fingerprint density at radius 1 is 1.04 bits per heavy atom. The van der Waals surface area contributed by atoms with Gasteiger partial charge in [-0.05, 0) is 11.6 Å². The summed E-state index contributed by atoms with van der Waals surface area (Å²) in [7, 11) is -3.69. The molecule has 0 unspecified atom stereocenters. The minimum Gasteiger partial charge on any atom is -0.478 e. The van der Waals surface area contributed by atoms with Crippen molar-refractivity contribution in [3.8, 4) is 0 Å². The van der Waals surface area contributed by atoms with E-state index in [2.05, 4.69) is 0 Å². The average Bonchev–Trinajstić information content (AvgIpc) is 2.90. The molecule has 1 heterocycles. The predicted molar refractivity (Wildman–Crippen MR) is 94.1 cm³/mol. The summed E-state index contributed by atoms with van der Waals surface area (Å²) in [5.74, 6) is -1.18. The summed E-state index contributed by atoms with van der Waals surface area (Å²) in [5, 5.41) is 9.97. The molecule has 0 saturated carbocycles. The first-order valence-electron chi connectivity index (χ1n) is 7.57. The van der Waals surface area contributed by atoms with Gasteiger partial charge < -0.3 is 9.84 Å². The zero-order valence-corrected chi connectivity index (χ0v) is 14.4. The molecule has 0 fully saturated rings. The largest absolute Gasteiger partial charge is 0.478 e. The number of rotatable bonds is 6. The van der Waals surface area contributed by atoms with Crippen LogP contribution in [-0.4, -0.2) is 29.7 Å². The topological polar surface area (TPSA) is 85.6 Å². The van der Waals surface area contributed by atoms with Crippen molar-refractivity contribution in [2.45, 2.75) is 13.2 Å². The van der Waals surface area contributed by atoms with Crippen LogP contribution in [-0.2, 0) is 28.0 Å². The van der Waals surface area contributed by atoms with E-state index >= 15 is 0 Å². The van der Waals surface area contributed by atoms with Crippen molar-refractivity contribution in [2.75, 3.05) is 6.26 Å². The van der Waals surface area contributed by atoms with Crippen LogP contribution in [0.5, 0.6) is 0 Å². The smallest absolute Gasteiger partial charge is 0.338 e. The Morgan fingerprint density at radius 2 is 1.68 bits per heavy atom. The number of hydrogen-bond donors (Lipinski definition) is 1. The van der Waals surface area contributed by atoms with Crippen LogP contribution >= 0.6 is 0 Å². The minimum absolute atomic E-state index is 0.0471. The lowest BCUT2D eigenvalue weighted by Gasteiger charge is -2.10. The zero-order valence-electron chi connectivity index (χ0n) is 13.5. The van der Waals surface area contributed by atoms with Crippen molar-refractivity contribution in [2.24, 2.45) is 0 Å². The second-order valence-corrected chi connectivity index (χ2v) is 7.48. The Labute approximate surface area is 145 Å². The summed E-state index contributed by atoms with van der Waals surface area (Å²) in [5.41, 5.74) is 1.32. The lowest BCUT2D eigenvalue weighted by Crippen LogP contribution is -2.16. The summed E-state index contributed by atoms with van der Waals surface area (Å²) < 4.78 is 31.2. The van der Waals surface area contributed by atoms with Crippen LogP contribution in [0.25, 0.3) is 10.9 Å². The van der Waals surface area contributed by atoms with Gasteiger partial charge in [0.15, 0.2) is 0 Å². The molecule has 7 heteroatoms. The van der Waals surface area contributed by atoms with E-state index in [1.807, 2.05) is 30.3 Å². The van der Waals surface area contributed by atoms with Gasteiger partial charge in [0.1, 0.15) is 0 Å². The van der Waals surface area contributed by atoms with Crippen LogP contribution in [0, 0.1) is 0 Å². The molecular formula is C18H17NO5S. The maximum Gasteiger partial charge on any atom is 0.338 e. The van der Waals surface area contributed by atoms with Gasteiger partial charge in [0.25, 0.3) is 0 Å². The highest BCUT2D eigenvalue weighted by molar-refractivity contribution is 7.89. The Morgan fingerprint density at radius 3 is 2.32 bits per heavy atom. The van der Waals surface area contributed by atoms with Crippen molar-refractivity contribution in [1.82, 2.24) is 3.97 Å². The lowest BCUT2D eigenvalue weighted by molar-refractivity contribution is 0.0685. The van der Waals surface area contributed by atoms with Gasteiger partial charge >= 0.3 is 5.97 Å². The first-order valence-corrected chi connectivity index (χ1v) is 9.42. The van der Waals surface area contributed by atoms with Gasteiger partial charge in [-0.25, -0.2) is 17.2 Å². The highest BCUT2D eigenvalue weighted by Gasteiger charge is 2.26. The van der Waals surface area contributed by atoms with E-state index in [-0.39, 0.29) is 24.5 Å². The van der Waals surface area contributed by atoms with E-state index in [4.69, 9.17) is 4.74 Å². The summed E-state index contributed by atoms with van der Waals surface area (Å²) >= 11 is 0. The maximum absolute atomic E-state index is 12.3. The quantitative estimate of drug-likeness (QED) is 0.731. The van der Waals surface area contributed by atoms with Crippen LogP contribution in [0.2, 0.25) is 0 Å². The highest BCUT2D eigenvalue weighted by atomic mass is 32.2. The Hall–Kier alpha value is -2.64. The van der Waals surface area contributed by atoms with Gasteiger partial charge in [-0.15, -0.1) is 0 Å². The molecule has 2 aromatic carbocycles. The first kappa shape index (κ1) is 17.2. The molecule has 1 N–H and O–H groups in total. The first-order chi connectivity index (χ1) is 11.9. The van der Waals surface area contributed by atoms with Crippen LogP contribution in [0.15, 0.2) is 54.6 Å². The number of fused-ring (bicyclic) bond motifs is 1. The molecule has 0 amide bonds. The second-order valence-electron chi connectivity index (χ2n) is 5.65. The lowest BCUT2D eigenvalue weighted by atomic mass is 10.1. The molecule has 3 rings (SSSR count). The number of carbonyl (C=O) groups is 1. The van der Waals surface area contributed by atoms with Crippen molar-refractivity contribution in [3.05, 3.63) is 71.4 Å². The molecule has 0 bridgehead atoms. The summed E-state index contributed by atoms with van der Waals surface area (Å²) in [4.78, 5) is 11.7. The number of carboxylic acid groups (broad SMARTS) is 1. The van der Waals surface area contributed by atoms with Crippen molar-refractivity contribution < 1.29 is 23.1 Å². The van der Waals surface area contributed by atoms with Gasteiger partial charge in [-0.3, -0.25) is 0 Å². The molecule has 3 aromatic rings. The van der Waals surface area contributed by atoms with Crippen LogP contribution in [0.1, 0.15) is 21.6 Å². The fourth-order valence-corrected chi connectivity index (χ4v) is 3.91. The number of para-hydroxylation sites is 1. The Kier molecular flexibility index (Phi) is 4.61. The summed E-state index contributed by atoms with van der Waals surface area (Å²) in [6.45, 7) is 0.128. The van der Waals surface area contributed by atoms with Gasteiger partial charge in [0.2, 0.25) is 10.0 Å². The average molecular weight is 359 g/mol. The number of aromatic carboxylic acids is 1. The fraction of sp³-hybridized carbons (Fsp3) is 0.167. The molecule has 0 aliphatic carbocycles. The third-order valence-electron chi connectivity index (χ3n) is 3.82. The monoisotopic (exact) mass is 359 g/mol. The third kappa shape index (κ3) is 3.42. The predicted octanol–water partition coefficient (Wildman–Crippen LogP) is 2.86. The molecule has 0 saturated heterocycles. The van der Waals surface area contributed by atoms with Crippen LogP contribution in [0.4, 0.5) is 0 Å². The Balaban J connectivity index is 2.06. The van der Waals surface area contributed by atoms with Gasteiger partial charge in [0.05, 0.1) is 36.2 Å². The third-order valence-corrected chi connectivity index (χ3v) is 4.90. The van der Waals surface area contributed by atoms with E-state index in [9.17, 15) is 18.3 Å². The molecule has 130 valence electrons. The number of aromatic nitrogens is 1. The molecule has 0 aliphatic rings. The normalized spacial score (nSPS) is 11.7. The van der Waals surface area contributed by atoms with Gasteiger partial charge in [-0.2, -0.15) is 0 Å². The minimum atomic E-state index is -3.69. The van der Waals surface area contributed by atoms with Crippen molar-refractivity contribution >= 4 is 26.9 Å². The molecule has 0 spiro atoms.